The van der Waals surface area contributed by atoms with Crippen molar-refractivity contribution in [1.29, 1.82) is 0 Å². The van der Waals surface area contributed by atoms with Gasteiger partial charge in [0.25, 0.3) is 0 Å². The summed E-state index contributed by atoms with van der Waals surface area (Å²) in [6.45, 7) is 2.05. The first-order chi connectivity index (χ1) is 6.67. The highest BCUT2D eigenvalue weighted by atomic mass is 32.2. The number of aromatic carboxylic acids is 1. The van der Waals surface area contributed by atoms with Crippen LogP contribution in [0.2, 0.25) is 0 Å². The quantitative estimate of drug-likeness (QED) is 0.777. The SMILES string of the molecule is CCCc1cc(C(=O)O)cc(SC)n1. The van der Waals surface area contributed by atoms with E-state index in [4.69, 9.17) is 5.11 Å². The molecule has 1 rings (SSSR count). The van der Waals surface area contributed by atoms with E-state index in [0.29, 0.717) is 5.56 Å². The van der Waals surface area contributed by atoms with Crippen molar-refractivity contribution in [1.82, 2.24) is 4.98 Å². The summed E-state index contributed by atoms with van der Waals surface area (Å²) in [5.41, 5.74) is 1.18. The molecule has 0 aliphatic heterocycles. The van der Waals surface area contributed by atoms with Crippen LogP contribution in [0.5, 0.6) is 0 Å². The van der Waals surface area contributed by atoms with Crippen molar-refractivity contribution in [3.8, 4) is 0 Å². The first kappa shape index (κ1) is 11.0. The van der Waals surface area contributed by atoms with Crippen molar-refractivity contribution in [3.63, 3.8) is 0 Å². The minimum Gasteiger partial charge on any atom is -0.478 e. The van der Waals surface area contributed by atoms with E-state index in [1.165, 1.54) is 11.8 Å². The predicted octanol–water partition coefficient (Wildman–Crippen LogP) is 2.45. The Hall–Kier alpha value is -1.03. The van der Waals surface area contributed by atoms with Crippen LogP contribution >= 0.6 is 11.8 Å². The topological polar surface area (TPSA) is 50.2 Å². The van der Waals surface area contributed by atoms with Crippen LogP contribution in [0, 0.1) is 0 Å². The third-order valence-electron chi connectivity index (χ3n) is 1.82. The summed E-state index contributed by atoms with van der Waals surface area (Å²) in [6, 6.07) is 3.25. The highest BCUT2D eigenvalue weighted by molar-refractivity contribution is 7.98. The van der Waals surface area contributed by atoms with Crippen molar-refractivity contribution in [3.05, 3.63) is 23.4 Å². The molecule has 0 atom stereocenters. The first-order valence-corrected chi connectivity index (χ1v) is 5.68. The molecule has 14 heavy (non-hydrogen) atoms. The summed E-state index contributed by atoms with van der Waals surface area (Å²) < 4.78 is 0. The Kier molecular flexibility index (Phi) is 3.95. The van der Waals surface area contributed by atoms with Crippen LogP contribution in [0.15, 0.2) is 17.2 Å². The molecule has 1 N–H and O–H groups in total. The zero-order valence-electron chi connectivity index (χ0n) is 8.28. The number of aryl methyl sites for hydroxylation is 1. The molecule has 0 amide bonds. The van der Waals surface area contributed by atoms with E-state index in [-0.39, 0.29) is 0 Å². The van der Waals surface area contributed by atoms with Gasteiger partial charge in [0, 0.05) is 5.69 Å². The van der Waals surface area contributed by atoms with Gasteiger partial charge in [0.05, 0.1) is 10.6 Å². The van der Waals surface area contributed by atoms with Crippen LogP contribution in [0.1, 0.15) is 29.4 Å². The Bertz CT molecular complexity index is 339. The first-order valence-electron chi connectivity index (χ1n) is 4.45. The third-order valence-corrected chi connectivity index (χ3v) is 2.44. The zero-order chi connectivity index (χ0) is 10.6. The smallest absolute Gasteiger partial charge is 0.335 e. The maximum absolute atomic E-state index is 10.8. The second kappa shape index (κ2) is 5.00. The summed E-state index contributed by atoms with van der Waals surface area (Å²) in [5, 5.41) is 9.63. The molecule has 0 aromatic carbocycles. The zero-order valence-corrected chi connectivity index (χ0v) is 9.10. The molecular weight excluding hydrogens is 198 g/mol. The molecule has 0 aliphatic rings. The van der Waals surface area contributed by atoms with Gasteiger partial charge in [-0.25, -0.2) is 9.78 Å². The average Bonchev–Trinajstić information content (AvgIpc) is 2.17. The van der Waals surface area contributed by atoms with E-state index in [0.717, 1.165) is 23.6 Å². The van der Waals surface area contributed by atoms with Gasteiger partial charge in [-0.1, -0.05) is 13.3 Å². The van der Waals surface area contributed by atoms with Gasteiger partial charge in [0.2, 0.25) is 0 Å². The average molecular weight is 211 g/mol. The molecule has 0 fully saturated rings. The molecule has 0 saturated carbocycles. The molecule has 1 aromatic rings. The molecule has 76 valence electrons. The number of carboxylic acid groups (broad SMARTS) is 1. The molecule has 3 nitrogen and oxygen atoms in total. The lowest BCUT2D eigenvalue weighted by molar-refractivity contribution is 0.0696. The Labute approximate surface area is 87.6 Å². The highest BCUT2D eigenvalue weighted by Gasteiger charge is 2.07. The van der Waals surface area contributed by atoms with E-state index in [1.807, 2.05) is 13.2 Å². The van der Waals surface area contributed by atoms with E-state index >= 15 is 0 Å². The number of carboxylic acids is 1. The molecule has 0 spiro atoms. The molecule has 0 unspecified atom stereocenters. The Balaban J connectivity index is 3.06. The largest absolute Gasteiger partial charge is 0.478 e. The fourth-order valence-corrected chi connectivity index (χ4v) is 1.63. The Morgan fingerprint density at radius 1 is 1.57 bits per heavy atom. The van der Waals surface area contributed by atoms with E-state index in [1.54, 1.807) is 12.1 Å². The number of aromatic nitrogens is 1. The van der Waals surface area contributed by atoms with Crippen molar-refractivity contribution < 1.29 is 9.90 Å². The van der Waals surface area contributed by atoms with Gasteiger partial charge >= 0.3 is 5.97 Å². The van der Waals surface area contributed by atoms with Crippen molar-refractivity contribution in [2.75, 3.05) is 6.26 Å². The van der Waals surface area contributed by atoms with Crippen LogP contribution in [-0.4, -0.2) is 22.3 Å². The normalized spacial score (nSPS) is 10.1. The van der Waals surface area contributed by atoms with E-state index < -0.39 is 5.97 Å². The van der Waals surface area contributed by atoms with Gasteiger partial charge in [-0.3, -0.25) is 0 Å². The third kappa shape index (κ3) is 2.73. The van der Waals surface area contributed by atoms with Gasteiger partial charge < -0.3 is 5.11 Å². The van der Waals surface area contributed by atoms with Gasteiger partial charge in [0.1, 0.15) is 0 Å². The molecule has 0 saturated heterocycles. The van der Waals surface area contributed by atoms with Crippen molar-refractivity contribution in [2.24, 2.45) is 0 Å². The standard InChI is InChI=1S/C10H13NO2S/c1-3-4-8-5-7(10(12)13)6-9(11-8)14-2/h5-6H,3-4H2,1-2H3,(H,12,13). The summed E-state index contributed by atoms with van der Waals surface area (Å²) in [6.07, 6.45) is 3.70. The van der Waals surface area contributed by atoms with Crippen molar-refractivity contribution >= 4 is 17.7 Å². The number of hydrogen-bond donors (Lipinski definition) is 1. The summed E-state index contributed by atoms with van der Waals surface area (Å²) in [5.74, 6) is -0.889. The number of thioether (sulfide) groups is 1. The van der Waals surface area contributed by atoms with Gasteiger partial charge in [-0.2, -0.15) is 0 Å². The summed E-state index contributed by atoms with van der Waals surface area (Å²) in [7, 11) is 0. The highest BCUT2D eigenvalue weighted by Crippen LogP contribution is 2.16. The number of hydrogen-bond acceptors (Lipinski definition) is 3. The molecule has 0 bridgehead atoms. The lowest BCUT2D eigenvalue weighted by Gasteiger charge is -2.03. The van der Waals surface area contributed by atoms with Crippen LogP contribution in [-0.2, 0) is 6.42 Å². The summed E-state index contributed by atoms with van der Waals surface area (Å²) >= 11 is 1.47. The van der Waals surface area contributed by atoms with Crippen molar-refractivity contribution in [2.45, 2.75) is 24.8 Å². The monoisotopic (exact) mass is 211 g/mol. The maximum atomic E-state index is 10.8. The minimum absolute atomic E-state index is 0.327. The van der Waals surface area contributed by atoms with E-state index in [2.05, 4.69) is 4.98 Å². The second-order valence-electron chi connectivity index (χ2n) is 2.94. The van der Waals surface area contributed by atoms with Gasteiger partial charge in [0.15, 0.2) is 0 Å². The van der Waals surface area contributed by atoms with Crippen LogP contribution < -0.4 is 0 Å². The lowest BCUT2D eigenvalue weighted by Crippen LogP contribution is -2.01. The number of rotatable bonds is 4. The van der Waals surface area contributed by atoms with Gasteiger partial charge in [-0.05, 0) is 24.8 Å². The fourth-order valence-electron chi connectivity index (χ4n) is 1.17. The maximum Gasteiger partial charge on any atom is 0.335 e. The fraction of sp³-hybridized carbons (Fsp3) is 0.400. The molecule has 4 heteroatoms. The lowest BCUT2D eigenvalue weighted by atomic mass is 10.2. The molecular formula is C10H13NO2S. The minimum atomic E-state index is -0.889. The molecule has 0 radical (unpaired) electrons. The predicted molar refractivity (Wildman–Crippen MR) is 57.0 cm³/mol. The number of pyridine rings is 1. The molecule has 1 heterocycles. The number of carbonyl (C=O) groups is 1. The van der Waals surface area contributed by atoms with Crippen LogP contribution in [0.4, 0.5) is 0 Å². The molecule has 0 aliphatic carbocycles. The number of nitrogens with zero attached hydrogens (tertiary/aromatic N) is 1. The Morgan fingerprint density at radius 3 is 2.79 bits per heavy atom. The Morgan fingerprint density at radius 2 is 2.29 bits per heavy atom. The van der Waals surface area contributed by atoms with E-state index in [9.17, 15) is 4.79 Å². The van der Waals surface area contributed by atoms with Crippen LogP contribution in [0.25, 0.3) is 0 Å². The molecule has 1 aromatic heterocycles. The van der Waals surface area contributed by atoms with Crippen LogP contribution in [0.3, 0.4) is 0 Å². The second-order valence-corrected chi connectivity index (χ2v) is 3.77. The van der Waals surface area contributed by atoms with Gasteiger partial charge in [-0.15, -0.1) is 11.8 Å². The summed E-state index contributed by atoms with van der Waals surface area (Å²) in [4.78, 5) is 15.1.